The Morgan fingerprint density at radius 2 is 1.81 bits per heavy atom. The fourth-order valence-corrected chi connectivity index (χ4v) is 3.92. The predicted molar refractivity (Wildman–Crippen MR) is 83.0 cm³/mol. The van der Waals surface area contributed by atoms with Crippen molar-refractivity contribution in [2.75, 3.05) is 13.1 Å². The van der Waals surface area contributed by atoms with Gasteiger partial charge in [-0.2, -0.15) is 0 Å². The lowest BCUT2D eigenvalue weighted by atomic mass is 9.73. The molecule has 1 aliphatic carbocycles. The summed E-state index contributed by atoms with van der Waals surface area (Å²) < 4.78 is 5.44. The number of hydrogen-bond donors (Lipinski definition) is 1. The number of carbonyl (C=O) groups is 1. The largest absolute Gasteiger partial charge is 0.444 e. The van der Waals surface area contributed by atoms with Crippen molar-refractivity contribution in [2.24, 2.45) is 17.3 Å². The standard InChI is InChI=1S/C17H31NO3/c1-12(2)13-6-7-17(14(13)19)8-10-18(11-9-17)15(20)21-16(3,4)5/h12-14,19H,6-11H2,1-5H3. The zero-order valence-corrected chi connectivity index (χ0v) is 14.2. The number of ether oxygens (including phenoxy) is 1. The summed E-state index contributed by atoms with van der Waals surface area (Å²) in [5.74, 6) is 0.946. The molecule has 0 aromatic carbocycles. The molecule has 1 heterocycles. The van der Waals surface area contributed by atoms with Crippen LogP contribution in [0.2, 0.25) is 0 Å². The lowest BCUT2D eigenvalue weighted by molar-refractivity contribution is -0.0355. The maximum atomic E-state index is 12.1. The molecule has 1 N–H and O–H groups in total. The van der Waals surface area contributed by atoms with Gasteiger partial charge in [0, 0.05) is 13.1 Å². The van der Waals surface area contributed by atoms with Crippen molar-refractivity contribution in [2.45, 2.75) is 72.0 Å². The second-order valence-corrected chi connectivity index (χ2v) is 8.22. The summed E-state index contributed by atoms with van der Waals surface area (Å²) in [7, 11) is 0. The number of rotatable bonds is 1. The molecule has 2 unspecified atom stereocenters. The van der Waals surface area contributed by atoms with E-state index < -0.39 is 5.60 Å². The van der Waals surface area contributed by atoms with E-state index in [-0.39, 0.29) is 17.6 Å². The number of aliphatic hydroxyl groups is 1. The molecule has 2 atom stereocenters. The van der Waals surface area contributed by atoms with Gasteiger partial charge >= 0.3 is 6.09 Å². The molecular weight excluding hydrogens is 266 g/mol. The lowest BCUT2D eigenvalue weighted by Gasteiger charge is -2.42. The molecule has 2 rings (SSSR count). The molecule has 0 aromatic heterocycles. The Labute approximate surface area is 128 Å². The molecule has 122 valence electrons. The van der Waals surface area contributed by atoms with Crippen LogP contribution in [0, 0.1) is 17.3 Å². The highest BCUT2D eigenvalue weighted by molar-refractivity contribution is 5.68. The maximum Gasteiger partial charge on any atom is 0.410 e. The van der Waals surface area contributed by atoms with Gasteiger partial charge in [-0.3, -0.25) is 0 Å². The van der Waals surface area contributed by atoms with E-state index in [4.69, 9.17) is 4.74 Å². The molecule has 1 aliphatic heterocycles. The van der Waals surface area contributed by atoms with E-state index in [0.29, 0.717) is 24.9 Å². The topological polar surface area (TPSA) is 49.8 Å². The maximum absolute atomic E-state index is 12.1. The second-order valence-electron chi connectivity index (χ2n) is 8.22. The van der Waals surface area contributed by atoms with Crippen LogP contribution in [0.3, 0.4) is 0 Å². The molecular formula is C17H31NO3. The SMILES string of the molecule is CC(C)C1CCC2(CCN(C(=O)OC(C)(C)C)CC2)C1O. The first-order valence-electron chi connectivity index (χ1n) is 8.31. The van der Waals surface area contributed by atoms with Crippen molar-refractivity contribution in [3.8, 4) is 0 Å². The van der Waals surface area contributed by atoms with Gasteiger partial charge in [0.15, 0.2) is 0 Å². The summed E-state index contributed by atoms with van der Waals surface area (Å²) in [5, 5.41) is 10.7. The molecule has 2 fully saturated rings. The molecule has 2 aliphatic rings. The Morgan fingerprint density at radius 1 is 1.24 bits per heavy atom. The third-order valence-corrected chi connectivity index (χ3v) is 5.28. The molecule has 1 spiro atoms. The highest BCUT2D eigenvalue weighted by Gasteiger charge is 2.50. The summed E-state index contributed by atoms with van der Waals surface area (Å²) in [4.78, 5) is 13.9. The Hall–Kier alpha value is -0.770. The summed E-state index contributed by atoms with van der Waals surface area (Å²) in [6.45, 7) is 11.5. The fourth-order valence-electron chi connectivity index (χ4n) is 3.92. The van der Waals surface area contributed by atoms with Gasteiger partial charge in [0.05, 0.1) is 6.10 Å². The summed E-state index contributed by atoms with van der Waals surface area (Å²) in [6.07, 6.45) is 3.58. The summed E-state index contributed by atoms with van der Waals surface area (Å²) in [6, 6.07) is 0. The van der Waals surface area contributed by atoms with Gasteiger partial charge in [-0.05, 0) is 63.7 Å². The van der Waals surface area contributed by atoms with Crippen molar-refractivity contribution in [1.82, 2.24) is 4.90 Å². The number of amides is 1. The molecule has 0 aromatic rings. The Kier molecular flexibility index (Phi) is 4.57. The Bertz CT molecular complexity index is 378. The summed E-state index contributed by atoms with van der Waals surface area (Å²) in [5.41, 5.74) is -0.407. The van der Waals surface area contributed by atoms with Gasteiger partial charge in [-0.1, -0.05) is 13.8 Å². The van der Waals surface area contributed by atoms with Crippen LogP contribution in [-0.4, -0.2) is 40.9 Å². The minimum absolute atomic E-state index is 0.0352. The molecule has 0 radical (unpaired) electrons. The smallest absolute Gasteiger partial charge is 0.410 e. The average molecular weight is 297 g/mol. The van der Waals surface area contributed by atoms with Crippen molar-refractivity contribution in [3.05, 3.63) is 0 Å². The first-order chi connectivity index (χ1) is 9.65. The molecule has 0 bridgehead atoms. The van der Waals surface area contributed by atoms with Crippen LogP contribution in [0.25, 0.3) is 0 Å². The minimum atomic E-state index is -0.443. The van der Waals surface area contributed by atoms with Crippen LogP contribution in [0.5, 0.6) is 0 Å². The van der Waals surface area contributed by atoms with Gasteiger partial charge in [0.1, 0.15) is 5.60 Å². The number of aliphatic hydroxyl groups excluding tert-OH is 1. The number of piperidine rings is 1. The van der Waals surface area contributed by atoms with E-state index in [2.05, 4.69) is 13.8 Å². The van der Waals surface area contributed by atoms with Gasteiger partial charge in [-0.25, -0.2) is 4.79 Å². The highest BCUT2D eigenvalue weighted by Crippen LogP contribution is 2.51. The second kappa shape index (κ2) is 5.79. The van der Waals surface area contributed by atoms with Gasteiger partial charge < -0.3 is 14.7 Å². The average Bonchev–Trinajstić information content (AvgIpc) is 2.66. The van der Waals surface area contributed by atoms with Crippen molar-refractivity contribution in [3.63, 3.8) is 0 Å². The number of likely N-dealkylation sites (tertiary alicyclic amines) is 1. The van der Waals surface area contributed by atoms with Crippen LogP contribution in [0.4, 0.5) is 4.79 Å². The molecule has 21 heavy (non-hydrogen) atoms. The predicted octanol–water partition coefficient (Wildman–Crippen LogP) is 3.43. The van der Waals surface area contributed by atoms with E-state index in [0.717, 1.165) is 25.7 Å². The molecule has 1 saturated heterocycles. The third-order valence-electron chi connectivity index (χ3n) is 5.28. The quantitative estimate of drug-likeness (QED) is 0.806. The highest BCUT2D eigenvalue weighted by atomic mass is 16.6. The number of carbonyl (C=O) groups excluding carboxylic acids is 1. The van der Waals surface area contributed by atoms with Crippen molar-refractivity contribution >= 4 is 6.09 Å². The van der Waals surface area contributed by atoms with Crippen LogP contribution < -0.4 is 0 Å². The van der Waals surface area contributed by atoms with Crippen molar-refractivity contribution < 1.29 is 14.6 Å². The van der Waals surface area contributed by atoms with E-state index in [9.17, 15) is 9.90 Å². The third kappa shape index (κ3) is 3.53. The van der Waals surface area contributed by atoms with Crippen molar-refractivity contribution in [1.29, 1.82) is 0 Å². The molecule has 1 saturated carbocycles. The minimum Gasteiger partial charge on any atom is -0.444 e. The van der Waals surface area contributed by atoms with E-state index >= 15 is 0 Å². The van der Waals surface area contributed by atoms with E-state index in [1.54, 1.807) is 4.90 Å². The Morgan fingerprint density at radius 3 is 2.24 bits per heavy atom. The normalized spacial score (nSPS) is 29.2. The molecule has 4 nitrogen and oxygen atoms in total. The van der Waals surface area contributed by atoms with E-state index in [1.807, 2.05) is 20.8 Å². The Balaban J connectivity index is 1.93. The lowest BCUT2D eigenvalue weighted by Crippen LogP contribution is -2.48. The zero-order valence-electron chi connectivity index (χ0n) is 14.2. The van der Waals surface area contributed by atoms with Crippen LogP contribution in [0.15, 0.2) is 0 Å². The van der Waals surface area contributed by atoms with Gasteiger partial charge in [-0.15, -0.1) is 0 Å². The first kappa shape index (κ1) is 16.6. The van der Waals surface area contributed by atoms with Crippen LogP contribution >= 0.6 is 0 Å². The van der Waals surface area contributed by atoms with Gasteiger partial charge in [0.25, 0.3) is 0 Å². The molecule has 1 amide bonds. The molecule has 4 heteroatoms. The number of nitrogens with zero attached hydrogens (tertiary/aromatic N) is 1. The summed E-state index contributed by atoms with van der Waals surface area (Å²) >= 11 is 0. The fraction of sp³-hybridized carbons (Fsp3) is 0.941. The first-order valence-corrected chi connectivity index (χ1v) is 8.31. The van der Waals surface area contributed by atoms with Gasteiger partial charge in [0.2, 0.25) is 0 Å². The van der Waals surface area contributed by atoms with Crippen LogP contribution in [0.1, 0.15) is 60.3 Å². The zero-order chi connectivity index (χ0) is 15.8. The monoisotopic (exact) mass is 297 g/mol. The number of hydrogen-bond acceptors (Lipinski definition) is 3. The van der Waals surface area contributed by atoms with E-state index in [1.165, 1.54) is 0 Å². The van der Waals surface area contributed by atoms with Crippen LogP contribution in [-0.2, 0) is 4.74 Å².